The minimum absolute atomic E-state index is 0.0326. The van der Waals surface area contributed by atoms with Gasteiger partial charge in [0.05, 0.1) is 35.1 Å². The fraction of sp³-hybridized carbons (Fsp3) is 0.263. The molecule has 0 radical (unpaired) electrons. The van der Waals surface area contributed by atoms with Crippen LogP contribution in [0.4, 0.5) is 5.69 Å². The highest BCUT2D eigenvalue weighted by molar-refractivity contribution is 7.07. The summed E-state index contributed by atoms with van der Waals surface area (Å²) in [7, 11) is 0. The van der Waals surface area contributed by atoms with Crippen molar-refractivity contribution in [2.45, 2.75) is 39.3 Å². The lowest BCUT2D eigenvalue weighted by atomic mass is 9.93. The maximum atomic E-state index is 14.4. The van der Waals surface area contributed by atoms with Gasteiger partial charge >= 0.3 is 0 Å². The van der Waals surface area contributed by atoms with Gasteiger partial charge in [0, 0.05) is 41.4 Å². The molecule has 1 fully saturated rings. The van der Waals surface area contributed by atoms with Crippen LogP contribution in [0, 0.1) is 0 Å². The van der Waals surface area contributed by atoms with Crippen LogP contribution >= 0.6 is 11.3 Å². The second kappa shape index (κ2) is 13.2. The fourth-order valence-electron chi connectivity index (χ4n) is 6.43. The van der Waals surface area contributed by atoms with Crippen molar-refractivity contribution in [3.8, 4) is 0 Å². The predicted octanol–water partition coefficient (Wildman–Crippen LogP) is 4.81. The van der Waals surface area contributed by atoms with Crippen LogP contribution in [0.2, 0.25) is 0 Å². The van der Waals surface area contributed by atoms with Gasteiger partial charge in [-0.25, -0.2) is 4.99 Å². The monoisotopic (exact) mass is 659 g/mol. The largest absolute Gasteiger partial charge is 0.378 e. The summed E-state index contributed by atoms with van der Waals surface area (Å²) in [5.41, 5.74) is 5.18. The van der Waals surface area contributed by atoms with E-state index in [1.165, 1.54) is 16.9 Å². The highest BCUT2D eigenvalue weighted by atomic mass is 32.1. The minimum atomic E-state index is -0.666. The number of benzene rings is 3. The normalized spacial score (nSPS) is 16.7. The van der Waals surface area contributed by atoms with Gasteiger partial charge in [0.25, 0.3) is 11.5 Å². The van der Waals surface area contributed by atoms with Gasteiger partial charge in [-0.2, -0.15) is 0 Å². The smallest absolute Gasteiger partial charge is 0.271 e. The Labute approximate surface area is 282 Å². The molecule has 1 N–H and O–H groups in total. The molecule has 3 aromatic carbocycles. The van der Waals surface area contributed by atoms with Gasteiger partial charge in [0.1, 0.15) is 6.54 Å². The first kappa shape index (κ1) is 31.5. The van der Waals surface area contributed by atoms with Gasteiger partial charge in [-0.15, -0.1) is 0 Å². The number of carbonyl (C=O) groups is 2. The topological polar surface area (TPSA) is 97.9 Å². The van der Waals surface area contributed by atoms with Crippen molar-refractivity contribution in [3.05, 3.63) is 133 Å². The van der Waals surface area contributed by atoms with Crippen molar-refractivity contribution in [1.82, 2.24) is 14.0 Å². The first-order valence-corrected chi connectivity index (χ1v) is 17.0. The molecule has 9 nitrogen and oxygen atoms in total. The summed E-state index contributed by atoms with van der Waals surface area (Å²) in [5, 5.41) is 3.96. The molecule has 0 spiro atoms. The number of rotatable bonds is 7. The molecule has 48 heavy (non-hydrogen) atoms. The van der Waals surface area contributed by atoms with E-state index < -0.39 is 6.04 Å². The number of nitrogens with one attached hydrogen (secondary N) is 1. The molecule has 1 atom stereocenters. The second-order valence-corrected chi connectivity index (χ2v) is 13.5. The van der Waals surface area contributed by atoms with E-state index in [-0.39, 0.29) is 23.9 Å². The zero-order chi connectivity index (χ0) is 33.4. The Morgan fingerprint density at radius 3 is 2.44 bits per heavy atom. The average Bonchev–Trinajstić information content (AvgIpc) is 3.60. The Morgan fingerprint density at radius 2 is 1.71 bits per heavy atom. The fourth-order valence-corrected chi connectivity index (χ4v) is 7.47. The van der Waals surface area contributed by atoms with Crippen molar-refractivity contribution in [1.29, 1.82) is 0 Å². The molecule has 7 rings (SSSR count). The number of nitrogens with zero attached hydrogens (tertiary/aromatic N) is 4. The Hall–Kier alpha value is -5.06. The van der Waals surface area contributed by atoms with Crippen molar-refractivity contribution in [2.24, 2.45) is 4.99 Å². The molecule has 10 heteroatoms. The number of thiazole rings is 1. The van der Waals surface area contributed by atoms with E-state index in [4.69, 9.17) is 9.73 Å². The minimum Gasteiger partial charge on any atom is -0.378 e. The van der Waals surface area contributed by atoms with E-state index >= 15 is 0 Å². The molecule has 0 aliphatic carbocycles. The van der Waals surface area contributed by atoms with Crippen LogP contribution in [-0.2, 0) is 20.9 Å². The van der Waals surface area contributed by atoms with E-state index in [1.807, 2.05) is 95.4 Å². The number of hydrogen-bond donors (Lipinski definition) is 1. The molecule has 0 bridgehead atoms. The third-order valence-corrected chi connectivity index (χ3v) is 9.98. The third kappa shape index (κ3) is 6.05. The van der Waals surface area contributed by atoms with Crippen molar-refractivity contribution < 1.29 is 14.3 Å². The first-order valence-electron chi connectivity index (χ1n) is 16.2. The average molecular weight is 660 g/mol. The molecule has 0 unspecified atom stereocenters. The molecule has 0 saturated carbocycles. The maximum Gasteiger partial charge on any atom is 0.271 e. The molecule has 244 valence electrons. The molecular weight excluding hydrogens is 623 g/mol. The van der Waals surface area contributed by atoms with Crippen molar-refractivity contribution in [3.63, 3.8) is 0 Å². The summed E-state index contributed by atoms with van der Waals surface area (Å²) >= 11 is 1.30. The van der Waals surface area contributed by atoms with E-state index in [9.17, 15) is 14.4 Å². The number of morpholine rings is 1. The standard InChI is InChI=1S/C38H37N5O4S/c1-24(2)26-13-15-27(16-14-26)35-34(36(45)40-29-9-5-4-6-10-29)25(3)39-38-43(35)37(46)32(48-38)21-28-22-42(31-12-8-7-11-30(28)31)23-33(44)41-17-19-47-20-18-41/h4-16,21-22,24,35H,17-20,23H2,1-3H3,(H,40,45)/b32-21+/t35-/m1/s1. The Kier molecular flexibility index (Phi) is 8.68. The maximum absolute atomic E-state index is 14.4. The lowest BCUT2D eigenvalue weighted by Crippen LogP contribution is -2.42. The van der Waals surface area contributed by atoms with Gasteiger partial charge in [-0.05, 0) is 48.2 Å². The van der Waals surface area contributed by atoms with Gasteiger partial charge in [0.2, 0.25) is 5.91 Å². The number of ether oxygens (including phenoxy) is 1. The van der Waals surface area contributed by atoms with E-state index in [1.54, 1.807) is 4.57 Å². The number of para-hydroxylation sites is 2. The zero-order valence-electron chi connectivity index (χ0n) is 27.2. The summed E-state index contributed by atoms with van der Waals surface area (Å²) in [4.78, 5) is 48.6. The number of aromatic nitrogens is 2. The molecule has 2 aliphatic rings. The van der Waals surface area contributed by atoms with E-state index in [2.05, 4.69) is 31.3 Å². The summed E-state index contributed by atoms with van der Waals surface area (Å²) in [6.45, 7) is 8.54. The Bertz CT molecular complexity index is 2220. The van der Waals surface area contributed by atoms with Gasteiger partial charge in [-0.3, -0.25) is 19.0 Å². The second-order valence-electron chi connectivity index (χ2n) is 12.4. The van der Waals surface area contributed by atoms with Gasteiger partial charge < -0.3 is 19.5 Å². The number of amides is 2. The van der Waals surface area contributed by atoms with Crippen LogP contribution in [0.25, 0.3) is 17.0 Å². The highest BCUT2D eigenvalue weighted by Crippen LogP contribution is 2.32. The Morgan fingerprint density at radius 1 is 1.00 bits per heavy atom. The van der Waals surface area contributed by atoms with Crippen LogP contribution < -0.4 is 20.2 Å². The number of hydrogen-bond acceptors (Lipinski definition) is 6. The molecule has 4 heterocycles. The molecule has 2 amide bonds. The third-order valence-electron chi connectivity index (χ3n) is 8.99. The SMILES string of the molecule is CC1=C(C(=O)Nc2ccccc2)[C@@H](c2ccc(C(C)C)cc2)n2c(s/c(=C/c3cn(CC(=O)N4CCOCC4)c4ccccc34)c2=O)=N1. The van der Waals surface area contributed by atoms with Gasteiger partial charge in [0.15, 0.2) is 4.80 Å². The summed E-state index contributed by atoms with van der Waals surface area (Å²) in [6, 6.07) is 24.7. The highest BCUT2D eigenvalue weighted by Gasteiger charge is 2.32. The summed E-state index contributed by atoms with van der Waals surface area (Å²) < 4.78 is 9.52. The zero-order valence-corrected chi connectivity index (χ0v) is 28.0. The molecule has 2 aliphatic heterocycles. The molecule has 2 aromatic heterocycles. The quantitative estimate of drug-likeness (QED) is 0.271. The van der Waals surface area contributed by atoms with Crippen LogP contribution in [0.1, 0.15) is 49.4 Å². The van der Waals surface area contributed by atoms with Crippen molar-refractivity contribution >= 4 is 45.8 Å². The number of anilines is 1. The summed E-state index contributed by atoms with van der Waals surface area (Å²) in [6.07, 6.45) is 3.82. The Balaban J connectivity index is 1.32. The number of fused-ring (bicyclic) bond motifs is 2. The molecule has 5 aromatic rings. The van der Waals surface area contributed by atoms with Crippen molar-refractivity contribution in [2.75, 3.05) is 31.6 Å². The predicted molar refractivity (Wildman–Crippen MR) is 189 cm³/mol. The van der Waals surface area contributed by atoms with Crippen LogP contribution in [-0.4, -0.2) is 52.2 Å². The molecular formula is C38H37N5O4S. The van der Waals surface area contributed by atoms with Gasteiger partial charge in [-0.1, -0.05) is 85.8 Å². The van der Waals surface area contributed by atoms with Crippen LogP contribution in [0.15, 0.2) is 106 Å². The first-order chi connectivity index (χ1) is 23.3. The van der Waals surface area contributed by atoms with E-state index in [0.29, 0.717) is 58.5 Å². The number of allylic oxidation sites excluding steroid dienone is 1. The lowest BCUT2D eigenvalue weighted by Gasteiger charge is -2.27. The van der Waals surface area contributed by atoms with Crippen LogP contribution in [0.3, 0.4) is 0 Å². The lowest BCUT2D eigenvalue weighted by molar-refractivity contribution is -0.135. The molecule has 1 saturated heterocycles. The number of carbonyl (C=O) groups excluding carboxylic acids is 2. The van der Waals surface area contributed by atoms with Crippen LogP contribution in [0.5, 0.6) is 0 Å². The van der Waals surface area contributed by atoms with E-state index in [0.717, 1.165) is 22.0 Å². The summed E-state index contributed by atoms with van der Waals surface area (Å²) in [5.74, 6) is 0.0679.